The minimum absolute atomic E-state index is 0.102. The summed E-state index contributed by atoms with van der Waals surface area (Å²) < 4.78 is 38.0. The van der Waals surface area contributed by atoms with Gasteiger partial charge in [-0.2, -0.15) is 8.78 Å². The van der Waals surface area contributed by atoms with E-state index in [1.165, 1.54) is 6.92 Å². The average Bonchev–Trinajstić information content (AvgIpc) is 3.02. The van der Waals surface area contributed by atoms with Gasteiger partial charge in [-0.15, -0.1) is 0 Å². The molecule has 0 aliphatic carbocycles. The van der Waals surface area contributed by atoms with Crippen LogP contribution in [0.2, 0.25) is 0 Å². The number of unbranched alkanes of at least 4 members (excludes halogenated alkanes) is 1. The molecular weight excluding hydrogens is 456 g/mol. The lowest BCUT2D eigenvalue weighted by Gasteiger charge is -2.33. The number of nitrogens with one attached hydrogen (secondary N) is 2. The summed E-state index contributed by atoms with van der Waals surface area (Å²) in [6.07, 6.45) is -8.31. The highest BCUT2D eigenvalue weighted by Gasteiger charge is 2.71. The predicted octanol–water partition coefficient (Wildman–Crippen LogP) is -3.92. The Morgan fingerprint density at radius 1 is 1.27 bits per heavy atom. The number of ether oxygens (including phenoxy) is 2. The van der Waals surface area contributed by atoms with Crippen molar-refractivity contribution < 1.29 is 58.2 Å². The second-order valence-corrected chi connectivity index (χ2v) is 7.65. The zero-order valence-corrected chi connectivity index (χ0v) is 18.1. The Bertz CT molecular complexity index is 700. The third-order valence-electron chi connectivity index (χ3n) is 5.16. The number of hydrogen-bond donors (Lipinski definition) is 8. The number of aliphatic hydroxyl groups is 5. The average molecular weight is 487 g/mol. The molecule has 1 aliphatic rings. The first kappa shape index (κ1) is 29.0. The summed E-state index contributed by atoms with van der Waals surface area (Å²) in [5.74, 6) is -11.9. The number of hydrogen-bond acceptors (Lipinski definition) is 11. The first-order valence-corrected chi connectivity index (χ1v) is 10.1. The molecule has 1 unspecified atom stereocenters. The molecule has 0 bridgehead atoms. The minimum atomic E-state index is -4.74. The summed E-state index contributed by atoms with van der Waals surface area (Å²) >= 11 is 0. The van der Waals surface area contributed by atoms with Gasteiger partial charge < -0.3 is 51.4 Å². The summed E-state index contributed by atoms with van der Waals surface area (Å²) in [6.45, 7) is 0.0552. The maximum absolute atomic E-state index is 14.5. The van der Waals surface area contributed by atoms with Gasteiger partial charge in [0, 0.05) is 6.54 Å². The van der Waals surface area contributed by atoms with Crippen molar-refractivity contribution >= 4 is 17.8 Å². The Morgan fingerprint density at radius 3 is 2.42 bits per heavy atom. The molecule has 15 heteroatoms. The number of carbonyl (C=O) groups excluding carboxylic acids is 3. The van der Waals surface area contributed by atoms with Crippen LogP contribution in [0.1, 0.15) is 26.2 Å². The van der Waals surface area contributed by atoms with E-state index < -0.39 is 72.6 Å². The van der Waals surface area contributed by atoms with E-state index in [-0.39, 0.29) is 25.8 Å². The van der Waals surface area contributed by atoms with Crippen LogP contribution in [0.5, 0.6) is 0 Å². The van der Waals surface area contributed by atoms with Crippen molar-refractivity contribution in [3.8, 4) is 0 Å². The topological polar surface area (TPSA) is 221 Å². The SMILES string of the molecule is COC(=O)[C@H](C)NC(=O)[C@@H](N)CCCCNC(=O)C(F)(F)[C@]1(O)O[C@@H](C(O)CO)[C@H](O)[C@H]1O. The molecule has 0 aromatic rings. The van der Waals surface area contributed by atoms with Gasteiger partial charge in [-0.1, -0.05) is 0 Å². The van der Waals surface area contributed by atoms with Gasteiger partial charge in [-0.25, -0.2) is 4.79 Å². The molecule has 0 aromatic heterocycles. The molecule has 33 heavy (non-hydrogen) atoms. The highest BCUT2D eigenvalue weighted by molar-refractivity contribution is 5.87. The highest BCUT2D eigenvalue weighted by atomic mass is 19.3. The standard InChI is InChI=1S/C18H31F2N3O10/c1-8(15(29)32-2)23-14(28)9(21)5-3-4-6-22-16(30)17(19,20)18(31)13(27)11(26)12(33-18)10(25)7-24/h8-13,24-27,31H,3-7,21H2,1-2H3,(H,22,30)(H,23,28)/t8-,9-,10?,11-,12-,13+,18+/m0/s1. The fraction of sp³-hybridized carbons (Fsp3) is 0.833. The van der Waals surface area contributed by atoms with Crippen LogP contribution in [-0.4, -0.2) is 112 Å². The number of methoxy groups -OCH3 is 1. The summed E-state index contributed by atoms with van der Waals surface area (Å²) in [4.78, 5) is 35.1. The van der Waals surface area contributed by atoms with E-state index in [1.54, 1.807) is 0 Å². The van der Waals surface area contributed by atoms with Crippen LogP contribution >= 0.6 is 0 Å². The number of alkyl halides is 2. The van der Waals surface area contributed by atoms with Gasteiger partial charge in [0.1, 0.15) is 30.5 Å². The van der Waals surface area contributed by atoms with Crippen LogP contribution in [0, 0.1) is 0 Å². The van der Waals surface area contributed by atoms with E-state index in [0.29, 0.717) is 0 Å². The summed E-state index contributed by atoms with van der Waals surface area (Å²) in [6, 6.07) is -1.92. The van der Waals surface area contributed by atoms with E-state index in [9.17, 15) is 43.6 Å². The zero-order chi connectivity index (χ0) is 25.6. The number of nitrogens with two attached hydrogens (primary N) is 1. The Kier molecular flexibility index (Phi) is 10.5. The van der Waals surface area contributed by atoms with Gasteiger partial charge in [0.15, 0.2) is 0 Å². The quantitative estimate of drug-likeness (QED) is 0.0981. The van der Waals surface area contributed by atoms with Crippen molar-refractivity contribution in [2.45, 2.75) is 74.4 Å². The Labute approximate surface area is 187 Å². The first-order valence-electron chi connectivity index (χ1n) is 10.1. The molecule has 192 valence electrons. The van der Waals surface area contributed by atoms with Crippen LogP contribution < -0.4 is 16.4 Å². The molecule has 0 aromatic carbocycles. The first-order chi connectivity index (χ1) is 15.2. The van der Waals surface area contributed by atoms with Crippen molar-refractivity contribution in [1.82, 2.24) is 10.6 Å². The van der Waals surface area contributed by atoms with Gasteiger partial charge in [0.25, 0.3) is 11.7 Å². The van der Waals surface area contributed by atoms with Crippen LogP contribution in [0.3, 0.4) is 0 Å². The predicted molar refractivity (Wildman–Crippen MR) is 104 cm³/mol. The molecule has 0 saturated carbocycles. The lowest BCUT2D eigenvalue weighted by Crippen LogP contribution is -2.63. The normalized spacial score (nSPS) is 28.0. The number of rotatable bonds is 12. The molecular formula is C18H31F2N3O10. The van der Waals surface area contributed by atoms with Crippen molar-refractivity contribution in [1.29, 1.82) is 0 Å². The van der Waals surface area contributed by atoms with Gasteiger partial charge >= 0.3 is 11.9 Å². The van der Waals surface area contributed by atoms with E-state index in [1.807, 2.05) is 5.32 Å². The lowest BCUT2D eigenvalue weighted by atomic mass is 9.97. The maximum atomic E-state index is 14.5. The van der Waals surface area contributed by atoms with Crippen LogP contribution in [0.4, 0.5) is 8.78 Å². The van der Waals surface area contributed by atoms with Crippen molar-refractivity contribution in [2.24, 2.45) is 5.73 Å². The Hall–Kier alpha value is -2.01. The maximum Gasteiger partial charge on any atom is 0.379 e. The molecule has 2 amide bonds. The fourth-order valence-corrected chi connectivity index (χ4v) is 3.08. The largest absolute Gasteiger partial charge is 0.467 e. The number of esters is 1. The second-order valence-electron chi connectivity index (χ2n) is 7.65. The molecule has 1 heterocycles. The third kappa shape index (κ3) is 6.53. The molecule has 1 rings (SSSR count). The summed E-state index contributed by atoms with van der Waals surface area (Å²) in [5.41, 5.74) is 5.68. The third-order valence-corrected chi connectivity index (χ3v) is 5.16. The van der Waals surface area contributed by atoms with Crippen LogP contribution in [0.15, 0.2) is 0 Å². The zero-order valence-electron chi connectivity index (χ0n) is 18.1. The number of amides is 2. The highest BCUT2D eigenvalue weighted by Crippen LogP contribution is 2.42. The second kappa shape index (κ2) is 11.9. The van der Waals surface area contributed by atoms with Gasteiger partial charge in [-0.05, 0) is 26.2 Å². The minimum Gasteiger partial charge on any atom is -0.467 e. The van der Waals surface area contributed by atoms with E-state index in [0.717, 1.165) is 7.11 Å². The molecule has 0 spiro atoms. The van der Waals surface area contributed by atoms with E-state index in [4.69, 9.17) is 10.8 Å². The monoisotopic (exact) mass is 487 g/mol. The molecule has 0 radical (unpaired) electrons. The van der Waals surface area contributed by atoms with Gasteiger partial charge in [-0.3, -0.25) is 9.59 Å². The molecule has 1 saturated heterocycles. The summed E-state index contributed by atoms with van der Waals surface area (Å²) in [7, 11) is 1.15. The van der Waals surface area contributed by atoms with Crippen LogP contribution in [-0.2, 0) is 23.9 Å². The van der Waals surface area contributed by atoms with Crippen molar-refractivity contribution in [2.75, 3.05) is 20.3 Å². The molecule has 1 fully saturated rings. The van der Waals surface area contributed by atoms with E-state index >= 15 is 0 Å². The molecule has 9 N–H and O–H groups in total. The van der Waals surface area contributed by atoms with Crippen LogP contribution in [0.25, 0.3) is 0 Å². The number of halogens is 2. The van der Waals surface area contributed by atoms with Crippen molar-refractivity contribution in [3.63, 3.8) is 0 Å². The van der Waals surface area contributed by atoms with Gasteiger partial charge in [0.05, 0.1) is 19.8 Å². The number of aliphatic hydroxyl groups excluding tert-OH is 4. The van der Waals surface area contributed by atoms with E-state index in [2.05, 4.69) is 14.8 Å². The lowest BCUT2D eigenvalue weighted by molar-refractivity contribution is -0.325. The summed E-state index contributed by atoms with van der Waals surface area (Å²) in [5, 5.41) is 52.2. The smallest absolute Gasteiger partial charge is 0.379 e. The Morgan fingerprint density at radius 2 is 1.88 bits per heavy atom. The molecule has 1 aliphatic heterocycles. The molecule has 7 atom stereocenters. The van der Waals surface area contributed by atoms with Gasteiger partial charge in [0.2, 0.25) is 5.91 Å². The molecule has 13 nitrogen and oxygen atoms in total. The fourth-order valence-electron chi connectivity index (χ4n) is 3.08. The van der Waals surface area contributed by atoms with Crippen molar-refractivity contribution in [3.05, 3.63) is 0 Å². The number of carbonyl (C=O) groups is 3. The Balaban J connectivity index is 2.53.